The molecule has 0 atom stereocenters. The van der Waals surface area contributed by atoms with Crippen molar-refractivity contribution in [3.05, 3.63) is 11.9 Å². The first-order valence-electron chi connectivity index (χ1n) is 6.08. The number of piperidine rings is 1. The van der Waals surface area contributed by atoms with Crippen LogP contribution in [0.5, 0.6) is 0 Å². The molecule has 0 aromatic heterocycles. The number of carbonyl (C=O) groups is 1. The fraction of sp³-hybridized carbons (Fsp3) is 0.667. The van der Waals surface area contributed by atoms with Crippen molar-refractivity contribution in [1.82, 2.24) is 10.2 Å². The van der Waals surface area contributed by atoms with Crippen molar-refractivity contribution in [3.63, 3.8) is 0 Å². The molecule has 0 aromatic rings. The van der Waals surface area contributed by atoms with Crippen LogP contribution in [0, 0.1) is 5.92 Å². The minimum atomic E-state index is -4.59. The molecule has 1 rings (SSSR count). The Morgan fingerprint density at radius 3 is 2.47 bits per heavy atom. The van der Waals surface area contributed by atoms with Gasteiger partial charge in [-0.05, 0) is 38.6 Å². The minimum absolute atomic E-state index is 0.209. The standard InChI is InChI=1S/C12H18F3N3O/c1-9(19)18(7-10-3-5-17-6-4-10)8-11(16-2)12(13,14)15/h8,10,17H,2-7H2,1H3/b11-8-. The van der Waals surface area contributed by atoms with Gasteiger partial charge in [-0.3, -0.25) is 9.79 Å². The van der Waals surface area contributed by atoms with Gasteiger partial charge in [0.05, 0.1) is 0 Å². The summed E-state index contributed by atoms with van der Waals surface area (Å²) in [6.07, 6.45) is -2.15. The third-order valence-corrected chi connectivity index (χ3v) is 3.06. The van der Waals surface area contributed by atoms with E-state index in [0.717, 1.165) is 37.0 Å². The first-order valence-corrected chi connectivity index (χ1v) is 6.08. The molecule has 0 aromatic carbocycles. The highest BCUT2D eigenvalue weighted by molar-refractivity contribution is 5.74. The molecular weight excluding hydrogens is 259 g/mol. The van der Waals surface area contributed by atoms with Crippen LogP contribution < -0.4 is 5.32 Å². The van der Waals surface area contributed by atoms with Crippen LogP contribution in [0.15, 0.2) is 16.9 Å². The predicted molar refractivity (Wildman–Crippen MR) is 66.7 cm³/mol. The number of allylic oxidation sites excluding steroid dienone is 1. The molecule has 19 heavy (non-hydrogen) atoms. The van der Waals surface area contributed by atoms with E-state index >= 15 is 0 Å². The fourth-order valence-corrected chi connectivity index (χ4v) is 1.97. The highest BCUT2D eigenvalue weighted by atomic mass is 19.4. The predicted octanol–water partition coefficient (Wildman–Crippen LogP) is 1.94. The zero-order valence-corrected chi connectivity index (χ0v) is 10.8. The van der Waals surface area contributed by atoms with Crippen LogP contribution in [0.3, 0.4) is 0 Å². The maximum absolute atomic E-state index is 12.6. The van der Waals surface area contributed by atoms with Gasteiger partial charge in [-0.1, -0.05) is 0 Å². The second kappa shape index (κ2) is 6.70. The summed E-state index contributed by atoms with van der Waals surface area (Å²) in [5.41, 5.74) is -1.14. The summed E-state index contributed by atoms with van der Waals surface area (Å²) in [5, 5.41) is 3.17. The van der Waals surface area contributed by atoms with Gasteiger partial charge in [-0.2, -0.15) is 13.2 Å². The Morgan fingerprint density at radius 1 is 1.47 bits per heavy atom. The van der Waals surface area contributed by atoms with Crippen molar-refractivity contribution < 1.29 is 18.0 Å². The van der Waals surface area contributed by atoms with E-state index in [0.29, 0.717) is 0 Å². The normalized spacial score (nSPS) is 18.2. The number of nitrogens with zero attached hydrogens (tertiary/aromatic N) is 2. The molecule has 1 aliphatic heterocycles. The van der Waals surface area contributed by atoms with Gasteiger partial charge in [0.2, 0.25) is 5.91 Å². The Bertz CT molecular complexity index is 360. The van der Waals surface area contributed by atoms with Gasteiger partial charge in [0.15, 0.2) is 5.70 Å². The monoisotopic (exact) mass is 277 g/mol. The molecule has 1 N–H and O–H groups in total. The molecule has 0 saturated carbocycles. The fourth-order valence-electron chi connectivity index (χ4n) is 1.97. The van der Waals surface area contributed by atoms with Gasteiger partial charge in [-0.25, -0.2) is 0 Å². The topological polar surface area (TPSA) is 44.7 Å². The van der Waals surface area contributed by atoms with Gasteiger partial charge in [0.25, 0.3) is 0 Å². The lowest BCUT2D eigenvalue weighted by Gasteiger charge is -2.27. The Morgan fingerprint density at radius 2 is 2.05 bits per heavy atom. The third kappa shape index (κ3) is 5.02. The van der Waals surface area contributed by atoms with Crippen LogP contribution in [-0.2, 0) is 4.79 Å². The lowest BCUT2D eigenvalue weighted by atomic mass is 9.97. The maximum Gasteiger partial charge on any atom is 0.434 e. The zero-order chi connectivity index (χ0) is 14.5. The number of hydrogen-bond acceptors (Lipinski definition) is 3. The maximum atomic E-state index is 12.6. The molecule has 1 aliphatic rings. The molecule has 0 unspecified atom stereocenters. The van der Waals surface area contributed by atoms with Crippen LogP contribution in [0.4, 0.5) is 13.2 Å². The van der Waals surface area contributed by atoms with E-state index < -0.39 is 17.8 Å². The van der Waals surface area contributed by atoms with Crippen molar-refractivity contribution in [2.75, 3.05) is 19.6 Å². The average Bonchev–Trinajstić information content (AvgIpc) is 2.33. The SMILES string of the molecule is C=N/C(=C\N(CC1CCNCC1)C(C)=O)C(F)(F)F. The summed E-state index contributed by atoms with van der Waals surface area (Å²) >= 11 is 0. The van der Waals surface area contributed by atoms with Gasteiger partial charge in [0.1, 0.15) is 0 Å². The summed E-state index contributed by atoms with van der Waals surface area (Å²) < 4.78 is 37.7. The largest absolute Gasteiger partial charge is 0.434 e. The van der Waals surface area contributed by atoms with Gasteiger partial charge in [-0.15, -0.1) is 0 Å². The Kier molecular flexibility index (Phi) is 5.53. The lowest BCUT2D eigenvalue weighted by Crippen LogP contribution is -2.36. The molecule has 0 radical (unpaired) electrons. The van der Waals surface area contributed by atoms with E-state index in [9.17, 15) is 18.0 Å². The van der Waals surface area contributed by atoms with Gasteiger partial charge >= 0.3 is 6.18 Å². The van der Waals surface area contributed by atoms with Crippen LogP contribution in [0.2, 0.25) is 0 Å². The number of halogens is 3. The summed E-state index contributed by atoms with van der Waals surface area (Å²) in [7, 11) is 0. The molecule has 1 heterocycles. The summed E-state index contributed by atoms with van der Waals surface area (Å²) in [6, 6.07) is 0. The first-order chi connectivity index (χ1) is 8.84. The molecule has 0 bridgehead atoms. The van der Waals surface area contributed by atoms with Crippen molar-refractivity contribution in [1.29, 1.82) is 0 Å². The smallest absolute Gasteiger partial charge is 0.317 e. The number of aliphatic imine (C=N–C) groups is 1. The number of carbonyl (C=O) groups excluding carboxylic acids is 1. The van der Waals surface area contributed by atoms with Crippen LogP contribution in [0.25, 0.3) is 0 Å². The summed E-state index contributed by atoms with van der Waals surface area (Å²) in [6.45, 7) is 6.08. The van der Waals surface area contributed by atoms with E-state index in [1.54, 1.807) is 0 Å². The van der Waals surface area contributed by atoms with E-state index in [2.05, 4.69) is 17.0 Å². The van der Waals surface area contributed by atoms with Crippen molar-refractivity contribution in [2.45, 2.75) is 25.9 Å². The minimum Gasteiger partial charge on any atom is -0.317 e. The first kappa shape index (κ1) is 15.7. The second-order valence-corrected chi connectivity index (χ2v) is 4.53. The quantitative estimate of drug-likeness (QED) is 0.798. The molecule has 4 nitrogen and oxygen atoms in total. The van der Waals surface area contributed by atoms with Crippen molar-refractivity contribution in [3.8, 4) is 0 Å². The van der Waals surface area contributed by atoms with Crippen LogP contribution in [0.1, 0.15) is 19.8 Å². The molecule has 0 spiro atoms. The number of amides is 1. The average molecular weight is 277 g/mol. The van der Waals surface area contributed by atoms with Gasteiger partial charge in [0, 0.05) is 19.7 Å². The van der Waals surface area contributed by atoms with Crippen LogP contribution >= 0.6 is 0 Å². The van der Waals surface area contributed by atoms with Crippen molar-refractivity contribution in [2.24, 2.45) is 10.9 Å². The second-order valence-electron chi connectivity index (χ2n) is 4.53. The molecule has 1 fully saturated rings. The van der Waals surface area contributed by atoms with Gasteiger partial charge < -0.3 is 10.2 Å². The zero-order valence-electron chi connectivity index (χ0n) is 10.8. The van der Waals surface area contributed by atoms with E-state index in [4.69, 9.17) is 0 Å². The number of rotatable bonds is 4. The van der Waals surface area contributed by atoms with Crippen molar-refractivity contribution >= 4 is 12.6 Å². The molecule has 1 saturated heterocycles. The van der Waals surface area contributed by atoms with E-state index in [1.165, 1.54) is 6.92 Å². The highest BCUT2D eigenvalue weighted by Crippen LogP contribution is 2.27. The van der Waals surface area contributed by atoms with E-state index in [-0.39, 0.29) is 12.5 Å². The third-order valence-electron chi connectivity index (χ3n) is 3.06. The molecule has 7 heteroatoms. The molecule has 0 aliphatic carbocycles. The van der Waals surface area contributed by atoms with Crippen LogP contribution in [-0.4, -0.2) is 43.3 Å². The Balaban J connectivity index is 2.79. The summed E-state index contributed by atoms with van der Waals surface area (Å²) in [4.78, 5) is 15.5. The lowest BCUT2D eigenvalue weighted by molar-refractivity contribution is -0.127. The molecular formula is C12H18F3N3O. The molecule has 108 valence electrons. The number of nitrogens with one attached hydrogen (secondary N) is 1. The number of alkyl halides is 3. The number of hydrogen-bond donors (Lipinski definition) is 1. The van der Waals surface area contributed by atoms with E-state index in [1.807, 2.05) is 0 Å². The highest BCUT2D eigenvalue weighted by Gasteiger charge is 2.34. The molecule has 1 amide bonds. The summed E-state index contributed by atoms with van der Waals surface area (Å²) in [5.74, 6) is -0.218. The Labute approximate surface area is 110 Å². The Hall–Kier alpha value is -1.37.